The summed E-state index contributed by atoms with van der Waals surface area (Å²) in [6, 6.07) is 0. The second-order valence-electron chi connectivity index (χ2n) is 17.3. The lowest BCUT2D eigenvalue weighted by Crippen LogP contribution is -2.79. The van der Waals surface area contributed by atoms with Crippen molar-refractivity contribution in [3.8, 4) is 0 Å². The van der Waals surface area contributed by atoms with Gasteiger partial charge in [-0.3, -0.25) is 14.4 Å². The molecule has 6 fully saturated rings. The van der Waals surface area contributed by atoms with Crippen LogP contribution in [0.4, 0.5) is 0 Å². The van der Waals surface area contributed by atoms with Crippen LogP contribution in [0.3, 0.4) is 0 Å². The number of Topliss-reactive ketones (excluding diaryl/α,β-unsaturated/α-hetero) is 1. The summed E-state index contributed by atoms with van der Waals surface area (Å²) in [6.45, 7) is 12.2. The van der Waals surface area contributed by atoms with Crippen LogP contribution < -0.4 is 0 Å². The van der Waals surface area contributed by atoms with Crippen LogP contribution in [0.25, 0.3) is 0 Å². The minimum absolute atomic E-state index is 0.0194. The van der Waals surface area contributed by atoms with Crippen molar-refractivity contribution >= 4 is 17.7 Å². The number of fused-ring (bicyclic) bond motifs is 3. The molecular weight excluding hydrogens is 688 g/mol. The van der Waals surface area contributed by atoms with Crippen molar-refractivity contribution in [3.63, 3.8) is 0 Å². The molecule has 0 aromatic rings. The number of aliphatic hydroxyl groups is 3. The Kier molecular flexibility index (Phi) is 9.75. The fourth-order valence-corrected chi connectivity index (χ4v) is 10.1. The third-order valence-corrected chi connectivity index (χ3v) is 12.6. The maximum atomic E-state index is 14.1. The Balaban J connectivity index is 1.46. The first kappa shape index (κ1) is 38.8. The first-order valence-corrected chi connectivity index (χ1v) is 19.4. The summed E-state index contributed by atoms with van der Waals surface area (Å²) in [4.78, 5) is 41.3. The Bertz CT molecular complexity index is 1580. The van der Waals surface area contributed by atoms with Crippen molar-refractivity contribution in [1.29, 1.82) is 0 Å². The van der Waals surface area contributed by atoms with Gasteiger partial charge in [-0.2, -0.15) is 0 Å². The molecule has 0 spiro atoms. The molecule has 0 aromatic heterocycles. The van der Waals surface area contributed by atoms with Crippen molar-refractivity contribution in [2.24, 2.45) is 29.6 Å². The number of hydrogen-bond donors (Lipinski definition) is 3. The van der Waals surface area contributed by atoms with Gasteiger partial charge in [0.15, 0.2) is 17.0 Å². The van der Waals surface area contributed by atoms with Crippen molar-refractivity contribution in [2.45, 2.75) is 145 Å². The van der Waals surface area contributed by atoms with Crippen molar-refractivity contribution in [3.05, 3.63) is 36.0 Å². The van der Waals surface area contributed by atoms with Crippen LogP contribution in [0, 0.1) is 29.6 Å². The summed E-state index contributed by atoms with van der Waals surface area (Å²) < 4.78 is 46.1. The lowest BCUT2D eigenvalue weighted by Gasteiger charge is -2.61. The normalized spacial score (nSPS) is 46.1. The summed E-state index contributed by atoms with van der Waals surface area (Å²) in [7, 11) is 0. The monoisotopic (exact) mass is 744 g/mol. The predicted molar refractivity (Wildman–Crippen MR) is 187 cm³/mol. The number of rotatable bonds is 15. The molecule has 7 aliphatic rings. The second kappa shape index (κ2) is 13.3. The van der Waals surface area contributed by atoms with Gasteiger partial charge in [0.05, 0.1) is 19.1 Å². The average Bonchev–Trinajstić information content (AvgIpc) is 3.99. The van der Waals surface area contributed by atoms with Gasteiger partial charge < -0.3 is 48.5 Å². The summed E-state index contributed by atoms with van der Waals surface area (Å²) >= 11 is 0. The summed E-state index contributed by atoms with van der Waals surface area (Å²) in [6.07, 6.45) is 7.86. The number of esters is 2. The van der Waals surface area contributed by atoms with Crippen LogP contribution in [0.5, 0.6) is 0 Å². The number of carbonyl (C=O) groups is 3. The fourth-order valence-electron chi connectivity index (χ4n) is 10.1. The van der Waals surface area contributed by atoms with Crippen LogP contribution in [0.15, 0.2) is 36.0 Å². The number of ether oxygens (including phenoxy) is 7. The smallest absolute Gasteiger partial charge is 0.306 e. The molecule has 3 N–H and O–H groups in total. The van der Waals surface area contributed by atoms with Gasteiger partial charge in [-0.15, -0.1) is 0 Å². The van der Waals surface area contributed by atoms with Gasteiger partial charge >= 0.3 is 17.9 Å². The van der Waals surface area contributed by atoms with E-state index in [1.54, 1.807) is 18.2 Å². The van der Waals surface area contributed by atoms with E-state index in [2.05, 4.69) is 6.92 Å². The van der Waals surface area contributed by atoms with E-state index < -0.39 is 100 Å². The molecule has 0 amide bonds. The molecule has 4 aliphatic heterocycles. The number of unbranched alkanes of at least 4 members (excludes halogenated alkanes) is 3. The standard InChI is InChI=1S/C40H56O13/c1-8-9-10-11-12-13-14-15-37-51-33-29-32-36(20-41,50-32)34(45)38(46)26(18-24(6)30(38)44)39(29,52-37)25(19-47-27(42)16-22(2)3)31(49-28(43)17-23(4)5)40(33,53-37)35(7)21-48-35/h12-15,18,22-23,25-26,29,31-34,41,45-46H,8-11,16-17,19-21H2,1-7H3/b13-12+,15-14-/t25-,26-,29+,31+,32+,33-,34-,35+,36+,37+,38-,39+,40+/m1/s1. The van der Waals surface area contributed by atoms with Gasteiger partial charge in [-0.05, 0) is 44.1 Å². The van der Waals surface area contributed by atoms with Crippen LogP contribution in [0.2, 0.25) is 0 Å². The summed E-state index contributed by atoms with van der Waals surface area (Å²) in [5.74, 6) is -7.23. The minimum Gasteiger partial charge on any atom is -0.465 e. The Hall–Kier alpha value is -2.49. The molecule has 2 saturated carbocycles. The molecule has 53 heavy (non-hydrogen) atoms. The molecule has 7 rings (SSSR count). The van der Waals surface area contributed by atoms with Gasteiger partial charge in [0.25, 0.3) is 0 Å². The zero-order valence-corrected chi connectivity index (χ0v) is 31.9. The number of allylic oxidation sites excluding steroid dienone is 3. The quantitative estimate of drug-likeness (QED) is 0.0963. The van der Waals surface area contributed by atoms with Crippen LogP contribution in [-0.4, -0.2) is 111 Å². The highest BCUT2D eigenvalue weighted by Gasteiger charge is 2.93. The second-order valence-corrected chi connectivity index (χ2v) is 17.3. The predicted octanol–water partition coefficient (Wildman–Crippen LogP) is 3.22. The topological polar surface area (TPSA) is 183 Å². The summed E-state index contributed by atoms with van der Waals surface area (Å²) in [5, 5.41) is 35.6. The fraction of sp³-hybridized carbons (Fsp3) is 0.775. The molecule has 3 bridgehead atoms. The molecule has 294 valence electrons. The van der Waals surface area contributed by atoms with Crippen molar-refractivity contribution in [2.75, 3.05) is 19.8 Å². The lowest BCUT2D eigenvalue weighted by molar-refractivity contribution is -0.409. The molecule has 13 atom stereocenters. The zero-order chi connectivity index (χ0) is 38.4. The van der Waals surface area contributed by atoms with E-state index in [-0.39, 0.29) is 43.5 Å². The van der Waals surface area contributed by atoms with Gasteiger partial charge in [-0.1, -0.05) is 71.8 Å². The number of carbonyl (C=O) groups excluding carboxylic acids is 3. The lowest BCUT2D eigenvalue weighted by atomic mass is 9.51. The Morgan fingerprint density at radius 1 is 1.04 bits per heavy atom. The SMILES string of the molecule is CCCCC/C=C/C=C\[C@]12O[C@@H]3[C@@H]4[C@@H]5O[C@]5(CO)[C@@H](O)[C@]5(O)C(=O)C(C)=C[C@H]5[C@@]4(O1)[C@H](COC(=O)CC(C)C)[C@H](OC(=O)CC(C)C)[C@]3([C@]1(C)CO1)O2. The number of hydrogen-bond acceptors (Lipinski definition) is 13. The minimum atomic E-state index is -2.55. The zero-order valence-electron chi connectivity index (χ0n) is 31.9. The molecular formula is C40H56O13. The van der Waals surface area contributed by atoms with E-state index in [0.29, 0.717) is 0 Å². The Morgan fingerprint density at radius 3 is 2.38 bits per heavy atom. The molecule has 4 heterocycles. The Labute approximate surface area is 311 Å². The van der Waals surface area contributed by atoms with E-state index in [4.69, 9.17) is 33.2 Å². The van der Waals surface area contributed by atoms with Gasteiger partial charge in [0.2, 0.25) is 0 Å². The average molecular weight is 745 g/mol. The number of epoxide rings is 2. The first-order valence-electron chi connectivity index (χ1n) is 19.4. The third kappa shape index (κ3) is 5.58. The highest BCUT2D eigenvalue weighted by atomic mass is 16.9. The highest BCUT2D eigenvalue weighted by molar-refractivity contribution is 6.05. The maximum absolute atomic E-state index is 14.1. The van der Waals surface area contributed by atoms with Crippen LogP contribution in [-0.2, 0) is 47.5 Å². The maximum Gasteiger partial charge on any atom is 0.306 e. The van der Waals surface area contributed by atoms with Crippen LogP contribution in [0.1, 0.15) is 87.0 Å². The van der Waals surface area contributed by atoms with Gasteiger partial charge in [0, 0.05) is 30.8 Å². The van der Waals surface area contributed by atoms with Gasteiger partial charge in [-0.25, -0.2) is 0 Å². The molecule has 4 saturated heterocycles. The number of aliphatic hydroxyl groups excluding tert-OH is 2. The van der Waals surface area contributed by atoms with E-state index in [0.717, 1.165) is 25.7 Å². The van der Waals surface area contributed by atoms with Crippen molar-refractivity contribution < 1.29 is 62.9 Å². The Morgan fingerprint density at radius 2 is 1.74 bits per heavy atom. The molecule has 0 unspecified atom stereocenters. The largest absolute Gasteiger partial charge is 0.465 e. The van der Waals surface area contributed by atoms with E-state index in [1.807, 2.05) is 46.8 Å². The van der Waals surface area contributed by atoms with Crippen molar-refractivity contribution in [1.82, 2.24) is 0 Å². The molecule has 13 nitrogen and oxygen atoms in total. The summed E-state index contributed by atoms with van der Waals surface area (Å²) in [5.41, 5.74) is -8.66. The van der Waals surface area contributed by atoms with E-state index in [9.17, 15) is 29.7 Å². The first-order chi connectivity index (χ1) is 25.0. The molecule has 0 radical (unpaired) electrons. The van der Waals surface area contributed by atoms with E-state index >= 15 is 0 Å². The van der Waals surface area contributed by atoms with E-state index in [1.165, 1.54) is 6.92 Å². The van der Waals surface area contributed by atoms with Gasteiger partial charge in [0.1, 0.15) is 47.8 Å². The highest BCUT2D eigenvalue weighted by Crippen LogP contribution is 2.74. The molecule has 0 aromatic carbocycles. The molecule has 3 aliphatic carbocycles. The van der Waals surface area contributed by atoms with Crippen LogP contribution >= 0.6 is 0 Å². The third-order valence-electron chi connectivity index (χ3n) is 12.6. The molecule has 13 heteroatoms. The number of ketones is 1.